The number of halogens is 1. The second kappa shape index (κ2) is 10.0. The van der Waals surface area contributed by atoms with E-state index < -0.39 is 0 Å². The van der Waals surface area contributed by atoms with E-state index in [-0.39, 0.29) is 0 Å². The molecule has 0 amide bonds. The smallest absolute Gasteiger partial charge is 0.127 e. The van der Waals surface area contributed by atoms with Gasteiger partial charge in [-0.25, -0.2) is 0 Å². The van der Waals surface area contributed by atoms with Crippen LogP contribution in [0.1, 0.15) is 25.7 Å². The summed E-state index contributed by atoms with van der Waals surface area (Å²) in [5.74, 6) is 1.71. The lowest BCUT2D eigenvalue weighted by molar-refractivity contribution is 0.306. The molecule has 0 aliphatic rings. The Kier molecular flexibility index (Phi) is 7.15. The number of ether oxygens (including phenoxy) is 1. The molecule has 0 saturated carbocycles. The van der Waals surface area contributed by atoms with Gasteiger partial charge in [-0.15, -0.1) is 11.6 Å². The normalized spacial score (nSPS) is 10.7. The Hall–Kier alpha value is -2.25. The number of benzene rings is 3. The first-order chi connectivity index (χ1) is 12.9. The van der Waals surface area contributed by atoms with Crippen LogP contribution in [0.3, 0.4) is 0 Å². The zero-order chi connectivity index (χ0) is 18.0. The Labute approximate surface area is 161 Å². The Morgan fingerprint density at radius 3 is 1.96 bits per heavy atom. The van der Waals surface area contributed by atoms with Gasteiger partial charge in [0.1, 0.15) is 5.75 Å². The third kappa shape index (κ3) is 5.12. The number of hydrogen-bond donors (Lipinski definition) is 0. The first kappa shape index (κ1) is 18.5. The highest BCUT2D eigenvalue weighted by molar-refractivity contribution is 6.17. The van der Waals surface area contributed by atoms with E-state index in [0.29, 0.717) is 0 Å². The van der Waals surface area contributed by atoms with Crippen molar-refractivity contribution in [2.24, 2.45) is 0 Å². The lowest BCUT2D eigenvalue weighted by Gasteiger charge is -2.12. The predicted molar refractivity (Wildman–Crippen MR) is 112 cm³/mol. The van der Waals surface area contributed by atoms with Crippen molar-refractivity contribution in [1.82, 2.24) is 0 Å². The minimum atomic E-state index is 0.751. The summed E-state index contributed by atoms with van der Waals surface area (Å²) in [6.45, 7) is 0.751. The molecule has 0 fully saturated rings. The molecular weight excluding hydrogens is 340 g/mol. The molecule has 0 aromatic heterocycles. The second-order valence-corrected chi connectivity index (χ2v) is 6.77. The van der Waals surface area contributed by atoms with E-state index in [4.69, 9.17) is 16.3 Å². The maximum absolute atomic E-state index is 6.05. The minimum absolute atomic E-state index is 0.751. The van der Waals surface area contributed by atoms with Gasteiger partial charge in [0.2, 0.25) is 0 Å². The Morgan fingerprint density at radius 1 is 0.577 bits per heavy atom. The summed E-state index contributed by atoms with van der Waals surface area (Å²) in [6.07, 6.45) is 4.50. The Morgan fingerprint density at radius 2 is 1.19 bits per heavy atom. The number of para-hydroxylation sites is 1. The van der Waals surface area contributed by atoms with E-state index in [0.717, 1.165) is 36.6 Å². The van der Waals surface area contributed by atoms with E-state index in [1.165, 1.54) is 29.5 Å². The van der Waals surface area contributed by atoms with Crippen molar-refractivity contribution in [2.75, 3.05) is 12.5 Å². The molecule has 0 N–H and O–H groups in total. The SMILES string of the molecule is ClCCCCCCOc1ccccc1-c1ccc(-c2ccccc2)cc1. The zero-order valence-electron chi connectivity index (χ0n) is 15.0. The van der Waals surface area contributed by atoms with Gasteiger partial charge < -0.3 is 4.74 Å². The van der Waals surface area contributed by atoms with Gasteiger partial charge in [0.15, 0.2) is 0 Å². The lowest BCUT2D eigenvalue weighted by Crippen LogP contribution is -1.99. The van der Waals surface area contributed by atoms with Gasteiger partial charge >= 0.3 is 0 Å². The number of unbranched alkanes of at least 4 members (excludes halogenated alkanes) is 3. The van der Waals surface area contributed by atoms with Gasteiger partial charge in [0.25, 0.3) is 0 Å². The molecule has 0 unspecified atom stereocenters. The van der Waals surface area contributed by atoms with Crippen molar-refractivity contribution in [3.8, 4) is 28.0 Å². The number of hydrogen-bond acceptors (Lipinski definition) is 1. The largest absolute Gasteiger partial charge is 0.493 e. The fourth-order valence-corrected chi connectivity index (χ4v) is 3.23. The van der Waals surface area contributed by atoms with Gasteiger partial charge in [0.05, 0.1) is 6.61 Å². The van der Waals surface area contributed by atoms with E-state index in [1.54, 1.807) is 0 Å². The van der Waals surface area contributed by atoms with Crippen molar-refractivity contribution < 1.29 is 4.74 Å². The van der Waals surface area contributed by atoms with Crippen LogP contribution < -0.4 is 4.74 Å². The third-order valence-corrected chi connectivity index (χ3v) is 4.74. The first-order valence-electron chi connectivity index (χ1n) is 9.32. The number of rotatable bonds is 9. The molecular formula is C24H25ClO. The van der Waals surface area contributed by atoms with Gasteiger partial charge in [-0.1, -0.05) is 85.6 Å². The highest BCUT2D eigenvalue weighted by Crippen LogP contribution is 2.31. The zero-order valence-corrected chi connectivity index (χ0v) is 15.8. The highest BCUT2D eigenvalue weighted by atomic mass is 35.5. The molecule has 3 aromatic rings. The quantitative estimate of drug-likeness (QED) is 0.288. The average molecular weight is 365 g/mol. The molecule has 0 radical (unpaired) electrons. The van der Waals surface area contributed by atoms with Gasteiger partial charge in [-0.2, -0.15) is 0 Å². The maximum atomic E-state index is 6.05. The fraction of sp³-hybridized carbons (Fsp3) is 0.250. The Balaban J connectivity index is 1.67. The van der Waals surface area contributed by atoms with E-state index in [1.807, 2.05) is 12.1 Å². The molecule has 0 spiro atoms. The minimum Gasteiger partial charge on any atom is -0.493 e. The van der Waals surface area contributed by atoms with E-state index >= 15 is 0 Å². The van der Waals surface area contributed by atoms with Crippen LogP contribution in [0.25, 0.3) is 22.3 Å². The summed E-state index contributed by atoms with van der Waals surface area (Å²) in [5.41, 5.74) is 4.79. The molecule has 0 aliphatic carbocycles. The van der Waals surface area contributed by atoms with Gasteiger partial charge in [0, 0.05) is 11.4 Å². The molecule has 0 aliphatic heterocycles. The number of alkyl halides is 1. The van der Waals surface area contributed by atoms with E-state index in [9.17, 15) is 0 Å². The predicted octanol–water partition coefficient (Wildman–Crippen LogP) is 7.20. The van der Waals surface area contributed by atoms with Crippen LogP contribution in [-0.2, 0) is 0 Å². The summed E-state index contributed by atoms with van der Waals surface area (Å²) in [6, 6.07) is 27.4. The molecule has 0 bridgehead atoms. The maximum Gasteiger partial charge on any atom is 0.127 e. The monoisotopic (exact) mass is 364 g/mol. The highest BCUT2D eigenvalue weighted by Gasteiger charge is 2.06. The molecule has 26 heavy (non-hydrogen) atoms. The van der Waals surface area contributed by atoms with Gasteiger partial charge in [-0.05, 0) is 35.6 Å². The summed E-state index contributed by atoms with van der Waals surface area (Å²) < 4.78 is 6.05. The van der Waals surface area contributed by atoms with Crippen molar-refractivity contribution in [1.29, 1.82) is 0 Å². The van der Waals surface area contributed by atoms with Crippen LogP contribution in [0.15, 0.2) is 78.9 Å². The van der Waals surface area contributed by atoms with Crippen LogP contribution in [0.4, 0.5) is 0 Å². The molecule has 2 heteroatoms. The van der Waals surface area contributed by atoms with Crippen LogP contribution in [0.2, 0.25) is 0 Å². The topological polar surface area (TPSA) is 9.23 Å². The lowest BCUT2D eigenvalue weighted by atomic mass is 10.00. The summed E-state index contributed by atoms with van der Waals surface area (Å²) in [4.78, 5) is 0. The average Bonchev–Trinajstić information content (AvgIpc) is 2.72. The molecule has 0 atom stereocenters. The van der Waals surface area contributed by atoms with E-state index in [2.05, 4.69) is 66.7 Å². The van der Waals surface area contributed by atoms with Crippen LogP contribution >= 0.6 is 11.6 Å². The van der Waals surface area contributed by atoms with Gasteiger partial charge in [-0.3, -0.25) is 0 Å². The molecule has 134 valence electrons. The van der Waals surface area contributed by atoms with Crippen molar-refractivity contribution in [3.05, 3.63) is 78.9 Å². The fourth-order valence-electron chi connectivity index (χ4n) is 3.04. The van der Waals surface area contributed by atoms with Crippen LogP contribution in [-0.4, -0.2) is 12.5 Å². The third-order valence-electron chi connectivity index (χ3n) is 4.48. The molecule has 3 rings (SSSR count). The summed E-state index contributed by atoms with van der Waals surface area (Å²) >= 11 is 5.72. The van der Waals surface area contributed by atoms with Crippen molar-refractivity contribution >= 4 is 11.6 Å². The molecule has 0 heterocycles. The standard InChI is InChI=1S/C24H25ClO/c25-18-8-1-2-9-19-26-24-13-7-6-12-23(24)22-16-14-21(15-17-22)20-10-4-3-5-11-20/h3-7,10-17H,1-2,8-9,18-19H2. The van der Waals surface area contributed by atoms with Crippen LogP contribution in [0.5, 0.6) is 5.75 Å². The van der Waals surface area contributed by atoms with Crippen molar-refractivity contribution in [3.63, 3.8) is 0 Å². The second-order valence-electron chi connectivity index (χ2n) is 6.39. The molecule has 0 saturated heterocycles. The van der Waals surface area contributed by atoms with Crippen LogP contribution in [0, 0.1) is 0 Å². The van der Waals surface area contributed by atoms with Crippen molar-refractivity contribution in [2.45, 2.75) is 25.7 Å². The molecule has 3 aromatic carbocycles. The summed E-state index contributed by atoms with van der Waals surface area (Å²) in [5, 5.41) is 0. The first-order valence-corrected chi connectivity index (χ1v) is 9.85. The molecule has 1 nitrogen and oxygen atoms in total. The summed E-state index contributed by atoms with van der Waals surface area (Å²) in [7, 11) is 0. The Bertz CT molecular complexity index is 781.